The first kappa shape index (κ1) is 21.3. The Balaban J connectivity index is 1.39. The molecule has 0 radical (unpaired) electrons. The molecule has 2 aliphatic heterocycles. The average Bonchev–Trinajstić information content (AvgIpc) is 2.76. The highest BCUT2D eigenvalue weighted by molar-refractivity contribution is 5.84. The number of piperidine rings is 1. The van der Waals surface area contributed by atoms with E-state index in [0.717, 1.165) is 5.56 Å². The highest BCUT2D eigenvalue weighted by atomic mass is 19.1. The lowest BCUT2D eigenvalue weighted by Gasteiger charge is -2.47. The Morgan fingerprint density at radius 2 is 1.77 bits per heavy atom. The van der Waals surface area contributed by atoms with E-state index in [2.05, 4.69) is 0 Å². The largest absolute Gasteiger partial charge is 0.497 e. The number of benzene rings is 2. The van der Waals surface area contributed by atoms with Crippen LogP contribution in [0.2, 0.25) is 0 Å². The van der Waals surface area contributed by atoms with Crippen LogP contribution in [0, 0.1) is 11.7 Å². The van der Waals surface area contributed by atoms with E-state index in [0.29, 0.717) is 37.4 Å². The van der Waals surface area contributed by atoms with Crippen LogP contribution in [-0.4, -0.2) is 49.2 Å². The lowest BCUT2D eigenvalue weighted by Crippen LogP contribution is -2.60. The van der Waals surface area contributed by atoms with Gasteiger partial charge in [-0.05, 0) is 36.1 Å². The zero-order valence-electron chi connectivity index (χ0n) is 17.5. The first-order valence-corrected chi connectivity index (χ1v) is 10.5. The van der Waals surface area contributed by atoms with Crippen LogP contribution in [0.1, 0.15) is 24.0 Å². The first-order chi connectivity index (χ1) is 15.0. The molecule has 2 atom stereocenters. The van der Waals surface area contributed by atoms with Gasteiger partial charge < -0.3 is 14.2 Å². The Bertz CT molecular complexity index is 921. The van der Waals surface area contributed by atoms with Crippen LogP contribution >= 0.6 is 0 Å². The molecule has 4 rings (SSSR count). The quantitative estimate of drug-likeness (QED) is 0.702. The summed E-state index contributed by atoms with van der Waals surface area (Å²) in [5.74, 6) is -0.194. The van der Waals surface area contributed by atoms with E-state index in [1.54, 1.807) is 11.0 Å². The number of methoxy groups -OCH3 is 1. The molecule has 2 saturated heterocycles. The van der Waals surface area contributed by atoms with E-state index < -0.39 is 5.82 Å². The maximum Gasteiger partial charge on any atom is 0.410 e. The second-order valence-corrected chi connectivity index (χ2v) is 8.10. The third kappa shape index (κ3) is 5.05. The standard InChI is InChI=1S/C24H26FNO5/c1-29-22-8-17(7-19(25)12-22)9-23(27)18-10-20-14-30-15-21(11-18)26(20)24(28)31-13-16-5-3-2-4-6-16/h2-8,12,18,20-21H,9-11,13-15H2,1H3. The van der Waals surface area contributed by atoms with Crippen LogP contribution in [-0.2, 0) is 27.3 Å². The van der Waals surface area contributed by atoms with Crippen molar-refractivity contribution in [2.75, 3.05) is 20.3 Å². The minimum atomic E-state index is -0.427. The molecule has 2 unspecified atom stereocenters. The molecule has 2 bridgehead atoms. The maximum atomic E-state index is 13.8. The third-order valence-corrected chi connectivity index (χ3v) is 5.94. The van der Waals surface area contributed by atoms with Gasteiger partial charge in [0.2, 0.25) is 0 Å². The Morgan fingerprint density at radius 3 is 2.45 bits per heavy atom. The molecular weight excluding hydrogens is 401 g/mol. The molecule has 1 amide bonds. The van der Waals surface area contributed by atoms with Crippen molar-refractivity contribution < 1.29 is 28.2 Å². The van der Waals surface area contributed by atoms with Gasteiger partial charge in [0.15, 0.2) is 0 Å². The van der Waals surface area contributed by atoms with Gasteiger partial charge >= 0.3 is 6.09 Å². The number of Topliss-reactive ketones (excluding diaryl/α,β-unsaturated/α-hetero) is 1. The SMILES string of the molecule is COc1cc(F)cc(CC(=O)C2CC3COCC(C2)N3C(=O)OCc2ccccc2)c1. The lowest BCUT2D eigenvalue weighted by atomic mass is 9.81. The van der Waals surface area contributed by atoms with Crippen molar-refractivity contribution in [3.63, 3.8) is 0 Å². The fraction of sp³-hybridized carbons (Fsp3) is 0.417. The van der Waals surface area contributed by atoms with Crippen molar-refractivity contribution in [3.05, 3.63) is 65.5 Å². The number of hydrogen-bond acceptors (Lipinski definition) is 5. The molecule has 0 aromatic heterocycles. The zero-order chi connectivity index (χ0) is 21.8. The third-order valence-electron chi connectivity index (χ3n) is 5.94. The first-order valence-electron chi connectivity index (χ1n) is 10.5. The highest BCUT2D eigenvalue weighted by Gasteiger charge is 2.44. The number of carbonyl (C=O) groups is 2. The maximum absolute atomic E-state index is 13.8. The van der Waals surface area contributed by atoms with Gasteiger partial charge in [-0.2, -0.15) is 0 Å². The summed E-state index contributed by atoms with van der Waals surface area (Å²) < 4.78 is 30.0. The normalized spacial score (nSPS) is 22.6. The lowest BCUT2D eigenvalue weighted by molar-refractivity contribution is -0.130. The molecule has 0 aliphatic carbocycles. The van der Waals surface area contributed by atoms with Gasteiger partial charge in [-0.3, -0.25) is 9.69 Å². The molecule has 2 aromatic rings. The summed E-state index contributed by atoms with van der Waals surface area (Å²) in [6.07, 6.45) is 0.796. The van der Waals surface area contributed by atoms with Crippen LogP contribution in [0.4, 0.5) is 9.18 Å². The number of nitrogens with zero attached hydrogens (tertiary/aromatic N) is 1. The fourth-order valence-corrected chi connectivity index (χ4v) is 4.46. The van der Waals surface area contributed by atoms with Crippen LogP contribution < -0.4 is 4.74 Å². The minimum Gasteiger partial charge on any atom is -0.497 e. The van der Waals surface area contributed by atoms with E-state index in [4.69, 9.17) is 14.2 Å². The monoisotopic (exact) mass is 427 g/mol. The van der Waals surface area contributed by atoms with Gasteiger partial charge in [0, 0.05) is 18.4 Å². The molecular formula is C24H26FNO5. The Kier molecular flexibility index (Phi) is 6.51. The van der Waals surface area contributed by atoms with Crippen molar-refractivity contribution >= 4 is 11.9 Å². The Morgan fingerprint density at radius 1 is 1.06 bits per heavy atom. The van der Waals surface area contributed by atoms with Crippen molar-refractivity contribution in [3.8, 4) is 5.75 Å². The average molecular weight is 427 g/mol. The van der Waals surface area contributed by atoms with Crippen molar-refractivity contribution in [2.45, 2.75) is 38.0 Å². The summed E-state index contributed by atoms with van der Waals surface area (Å²) in [6.45, 7) is 0.975. The van der Waals surface area contributed by atoms with Crippen molar-refractivity contribution in [1.82, 2.24) is 4.90 Å². The molecule has 2 aromatic carbocycles. The van der Waals surface area contributed by atoms with Crippen molar-refractivity contribution in [2.24, 2.45) is 5.92 Å². The summed E-state index contributed by atoms with van der Waals surface area (Å²) in [5.41, 5.74) is 1.51. The molecule has 0 saturated carbocycles. The number of hydrogen-bond donors (Lipinski definition) is 0. The predicted molar refractivity (Wildman–Crippen MR) is 111 cm³/mol. The number of ether oxygens (including phenoxy) is 3. The molecule has 0 spiro atoms. The molecule has 2 heterocycles. The minimum absolute atomic E-state index is 0.0434. The predicted octanol–water partition coefficient (Wildman–Crippen LogP) is 3.76. The second-order valence-electron chi connectivity index (χ2n) is 8.10. The van der Waals surface area contributed by atoms with E-state index in [-0.39, 0.29) is 42.9 Å². The Hall–Kier alpha value is -2.93. The van der Waals surface area contributed by atoms with Gasteiger partial charge in [-0.25, -0.2) is 9.18 Å². The van der Waals surface area contributed by atoms with E-state index in [1.807, 2.05) is 30.3 Å². The van der Waals surface area contributed by atoms with E-state index in [9.17, 15) is 14.0 Å². The molecule has 164 valence electrons. The zero-order valence-corrected chi connectivity index (χ0v) is 17.5. The van der Waals surface area contributed by atoms with Crippen LogP contribution in [0.15, 0.2) is 48.5 Å². The topological polar surface area (TPSA) is 65.1 Å². The van der Waals surface area contributed by atoms with E-state index >= 15 is 0 Å². The molecule has 6 nitrogen and oxygen atoms in total. The highest BCUT2D eigenvalue weighted by Crippen LogP contribution is 2.33. The van der Waals surface area contributed by atoms with Gasteiger partial charge in [0.25, 0.3) is 0 Å². The number of amides is 1. The fourth-order valence-electron chi connectivity index (χ4n) is 4.46. The number of carbonyl (C=O) groups excluding carboxylic acids is 2. The number of fused-ring (bicyclic) bond motifs is 2. The molecule has 2 fully saturated rings. The summed E-state index contributed by atoms with van der Waals surface area (Å²) in [5, 5.41) is 0. The van der Waals surface area contributed by atoms with Gasteiger partial charge in [0.05, 0.1) is 32.4 Å². The molecule has 0 N–H and O–H groups in total. The number of morpholine rings is 1. The summed E-state index contributed by atoms with van der Waals surface area (Å²) in [6, 6.07) is 13.4. The van der Waals surface area contributed by atoms with E-state index in [1.165, 1.54) is 19.2 Å². The van der Waals surface area contributed by atoms with Gasteiger partial charge in [-0.1, -0.05) is 30.3 Å². The van der Waals surface area contributed by atoms with Gasteiger partial charge in [-0.15, -0.1) is 0 Å². The Labute approximate surface area is 180 Å². The summed E-state index contributed by atoms with van der Waals surface area (Å²) in [7, 11) is 1.47. The number of halogens is 1. The van der Waals surface area contributed by atoms with Crippen molar-refractivity contribution in [1.29, 1.82) is 0 Å². The number of rotatable bonds is 6. The van der Waals surface area contributed by atoms with Crippen LogP contribution in [0.25, 0.3) is 0 Å². The summed E-state index contributed by atoms with van der Waals surface area (Å²) in [4.78, 5) is 27.5. The van der Waals surface area contributed by atoms with Crippen LogP contribution in [0.5, 0.6) is 5.75 Å². The molecule has 31 heavy (non-hydrogen) atoms. The summed E-state index contributed by atoms with van der Waals surface area (Å²) >= 11 is 0. The van der Waals surface area contributed by atoms with Crippen LogP contribution in [0.3, 0.4) is 0 Å². The number of ketones is 1. The molecule has 7 heteroatoms. The second kappa shape index (κ2) is 9.47. The smallest absolute Gasteiger partial charge is 0.410 e. The molecule has 2 aliphatic rings. The van der Waals surface area contributed by atoms with Gasteiger partial charge in [0.1, 0.15) is 24.0 Å².